The van der Waals surface area contributed by atoms with E-state index in [1.54, 1.807) is 6.07 Å². The fourth-order valence-electron chi connectivity index (χ4n) is 2.98. The number of halogens is 3. The van der Waals surface area contributed by atoms with E-state index in [9.17, 15) is 13.2 Å². The van der Waals surface area contributed by atoms with E-state index in [-0.39, 0.29) is 22.0 Å². The van der Waals surface area contributed by atoms with Crippen LogP contribution in [0.4, 0.5) is 19.0 Å². The molecule has 1 aliphatic rings. The number of nitrogens with one attached hydrogen (secondary N) is 1. The summed E-state index contributed by atoms with van der Waals surface area (Å²) in [7, 11) is 0. The van der Waals surface area contributed by atoms with E-state index in [0.29, 0.717) is 42.6 Å². The molecule has 4 aromatic rings. The van der Waals surface area contributed by atoms with Gasteiger partial charge >= 0.3 is 6.18 Å². The number of ether oxygens (including phenoxy) is 2. The summed E-state index contributed by atoms with van der Waals surface area (Å²) in [5.74, 6) is 1.69. The molecule has 8 nitrogen and oxygen atoms in total. The Morgan fingerprint density at radius 2 is 1.93 bits per heavy atom. The highest BCUT2D eigenvalue weighted by molar-refractivity contribution is 7.18. The van der Waals surface area contributed by atoms with Gasteiger partial charge in [-0.15, -0.1) is 11.3 Å². The molecule has 1 aliphatic heterocycles. The summed E-state index contributed by atoms with van der Waals surface area (Å²) in [5, 5.41) is 7.36. The molecule has 0 saturated carbocycles. The van der Waals surface area contributed by atoms with Crippen molar-refractivity contribution in [2.75, 3.05) is 18.5 Å². The molecular weight excluding hydrogens is 421 g/mol. The molecule has 0 bridgehead atoms. The largest absolute Gasteiger partial charge is 0.486 e. The first-order valence-corrected chi connectivity index (χ1v) is 9.65. The molecule has 3 aromatic heterocycles. The van der Waals surface area contributed by atoms with Crippen LogP contribution >= 0.6 is 11.3 Å². The normalized spacial score (nSPS) is 13.6. The van der Waals surface area contributed by atoms with Crippen molar-refractivity contribution in [2.45, 2.75) is 12.7 Å². The van der Waals surface area contributed by atoms with Gasteiger partial charge in [-0.2, -0.15) is 32.9 Å². The van der Waals surface area contributed by atoms with Crippen LogP contribution in [0.25, 0.3) is 16.2 Å². The second-order valence-electron chi connectivity index (χ2n) is 6.37. The van der Waals surface area contributed by atoms with Gasteiger partial charge in [-0.25, -0.2) is 4.98 Å². The lowest BCUT2D eigenvalue weighted by atomic mass is 10.2. The minimum Gasteiger partial charge on any atom is -0.486 e. The molecule has 0 fully saturated rings. The maximum Gasteiger partial charge on any atom is 0.425 e. The third-order valence-corrected chi connectivity index (χ3v) is 5.42. The lowest BCUT2D eigenvalue weighted by Gasteiger charge is -2.19. The topological polar surface area (TPSA) is 87.0 Å². The van der Waals surface area contributed by atoms with Crippen molar-refractivity contribution in [3.63, 3.8) is 0 Å². The van der Waals surface area contributed by atoms with Gasteiger partial charge < -0.3 is 14.8 Å². The molecule has 0 aliphatic carbocycles. The molecule has 12 heteroatoms. The van der Waals surface area contributed by atoms with Crippen LogP contribution in [0.1, 0.15) is 10.4 Å². The summed E-state index contributed by atoms with van der Waals surface area (Å²) in [6.07, 6.45) is -1.79. The summed E-state index contributed by atoms with van der Waals surface area (Å²) < 4.78 is 52.1. The van der Waals surface area contributed by atoms with Crippen molar-refractivity contribution in [3.05, 3.63) is 47.4 Å². The van der Waals surface area contributed by atoms with Crippen LogP contribution in [0.2, 0.25) is 0 Å². The number of nitrogens with zero attached hydrogens (tertiary/aromatic N) is 5. The van der Waals surface area contributed by atoms with Gasteiger partial charge in [-0.1, -0.05) is 6.07 Å². The van der Waals surface area contributed by atoms with Gasteiger partial charge in [-0.3, -0.25) is 0 Å². The maximum atomic E-state index is 13.2. The van der Waals surface area contributed by atoms with Gasteiger partial charge in [0.1, 0.15) is 41.4 Å². The van der Waals surface area contributed by atoms with Crippen molar-refractivity contribution in [1.29, 1.82) is 0 Å². The van der Waals surface area contributed by atoms with Gasteiger partial charge in [0, 0.05) is 6.54 Å². The second kappa shape index (κ2) is 7.13. The fourth-order valence-corrected chi connectivity index (χ4v) is 3.88. The highest BCUT2D eigenvalue weighted by atomic mass is 32.1. The van der Waals surface area contributed by atoms with E-state index < -0.39 is 11.1 Å². The standard InChI is InChI=1S/C18H13F3N6O2S/c19-18(20,21)14-6-11-15(25-17(26-16(11)30-14)27-9-22-8-24-27)23-7-10-1-2-12-13(5-10)29-4-3-28-12/h1-2,5-6,8-9H,3-4,7H2,(H,23,25,26). The average molecular weight is 434 g/mol. The van der Waals surface area contributed by atoms with Crippen molar-refractivity contribution in [1.82, 2.24) is 24.7 Å². The zero-order chi connectivity index (χ0) is 20.7. The van der Waals surface area contributed by atoms with Crippen molar-refractivity contribution in [2.24, 2.45) is 0 Å². The lowest BCUT2D eigenvalue weighted by molar-refractivity contribution is -0.134. The number of rotatable bonds is 4. The van der Waals surface area contributed by atoms with Crippen LogP contribution in [0.15, 0.2) is 36.9 Å². The third kappa shape index (κ3) is 3.49. The first kappa shape index (κ1) is 18.6. The van der Waals surface area contributed by atoms with Crippen LogP contribution in [0.5, 0.6) is 11.5 Å². The van der Waals surface area contributed by atoms with Crippen LogP contribution in [0.3, 0.4) is 0 Å². The van der Waals surface area contributed by atoms with Gasteiger partial charge in [0.15, 0.2) is 11.5 Å². The molecule has 1 aromatic carbocycles. The predicted octanol–water partition coefficient (Wildman–Crippen LogP) is 3.67. The van der Waals surface area contributed by atoms with Crippen LogP contribution in [-0.4, -0.2) is 37.9 Å². The molecular formula is C18H13F3N6O2S. The molecule has 0 saturated heterocycles. The predicted molar refractivity (Wildman–Crippen MR) is 102 cm³/mol. The number of hydrogen-bond donors (Lipinski definition) is 1. The zero-order valence-electron chi connectivity index (χ0n) is 15.2. The molecule has 0 spiro atoms. The van der Waals surface area contributed by atoms with E-state index in [4.69, 9.17) is 9.47 Å². The minimum atomic E-state index is -4.47. The summed E-state index contributed by atoms with van der Waals surface area (Å²) in [6, 6.07) is 6.53. The number of hydrogen-bond acceptors (Lipinski definition) is 8. The number of fused-ring (bicyclic) bond motifs is 2. The molecule has 0 radical (unpaired) electrons. The quantitative estimate of drug-likeness (QED) is 0.524. The maximum absolute atomic E-state index is 13.2. The minimum absolute atomic E-state index is 0.125. The molecule has 4 heterocycles. The van der Waals surface area contributed by atoms with Crippen LogP contribution < -0.4 is 14.8 Å². The van der Waals surface area contributed by atoms with Crippen LogP contribution in [0, 0.1) is 0 Å². The Balaban J connectivity index is 1.51. The van der Waals surface area contributed by atoms with Gasteiger partial charge in [0.05, 0.1) is 5.39 Å². The van der Waals surface area contributed by atoms with Gasteiger partial charge in [0.2, 0.25) is 0 Å². The average Bonchev–Trinajstić information content (AvgIpc) is 3.41. The monoisotopic (exact) mass is 434 g/mol. The fraction of sp³-hybridized carbons (Fsp3) is 0.222. The van der Waals surface area contributed by atoms with E-state index in [0.717, 1.165) is 11.6 Å². The van der Waals surface area contributed by atoms with Gasteiger partial charge in [0.25, 0.3) is 5.95 Å². The lowest BCUT2D eigenvalue weighted by Crippen LogP contribution is -2.15. The number of aromatic nitrogens is 5. The molecule has 0 amide bonds. The Kier molecular flexibility index (Phi) is 4.42. The number of thiophene rings is 1. The van der Waals surface area contributed by atoms with Gasteiger partial charge in [-0.05, 0) is 23.8 Å². The number of anilines is 1. The summed E-state index contributed by atoms with van der Waals surface area (Å²) in [5.41, 5.74) is 0.861. The van der Waals surface area contributed by atoms with E-state index in [1.165, 1.54) is 17.3 Å². The Hall–Kier alpha value is -3.41. The first-order chi connectivity index (χ1) is 14.5. The molecule has 30 heavy (non-hydrogen) atoms. The highest BCUT2D eigenvalue weighted by Crippen LogP contribution is 2.39. The van der Waals surface area contributed by atoms with E-state index in [2.05, 4.69) is 25.4 Å². The Labute approximate surface area is 171 Å². The first-order valence-electron chi connectivity index (χ1n) is 8.83. The van der Waals surface area contributed by atoms with E-state index in [1.807, 2.05) is 12.1 Å². The number of benzene rings is 1. The van der Waals surface area contributed by atoms with Crippen LogP contribution in [-0.2, 0) is 12.7 Å². The molecule has 5 rings (SSSR count). The van der Waals surface area contributed by atoms with Crippen molar-refractivity contribution in [3.8, 4) is 17.4 Å². The summed E-state index contributed by atoms with van der Waals surface area (Å²) in [6.45, 7) is 1.28. The number of alkyl halides is 3. The Bertz CT molecular complexity index is 1210. The molecule has 0 unspecified atom stereocenters. The smallest absolute Gasteiger partial charge is 0.425 e. The molecule has 0 atom stereocenters. The third-order valence-electron chi connectivity index (χ3n) is 4.35. The zero-order valence-corrected chi connectivity index (χ0v) is 16.0. The highest BCUT2D eigenvalue weighted by Gasteiger charge is 2.34. The van der Waals surface area contributed by atoms with Crippen molar-refractivity contribution >= 4 is 27.4 Å². The molecule has 154 valence electrons. The Morgan fingerprint density at radius 3 is 2.70 bits per heavy atom. The Morgan fingerprint density at radius 1 is 1.10 bits per heavy atom. The summed E-state index contributed by atoms with van der Waals surface area (Å²) in [4.78, 5) is 11.9. The molecule has 1 N–H and O–H groups in total. The van der Waals surface area contributed by atoms with E-state index >= 15 is 0 Å². The second-order valence-corrected chi connectivity index (χ2v) is 7.40. The summed E-state index contributed by atoms with van der Waals surface area (Å²) >= 11 is 0.556. The van der Waals surface area contributed by atoms with Crippen molar-refractivity contribution < 1.29 is 22.6 Å². The SMILES string of the molecule is FC(F)(F)c1cc2c(NCc3ccc4c(c3)OCCO4)nc(-n3cncn3)nc2s1.